The number of nitrogens with zero attached hydrogens (tertiary/aromatic N) is 1. The molecule has 0 atom stereocenters. The van der Waals surface area contributed by atoms with Gasteiger partial charge in [0.25, 0.3) is 5.91 Å². The van der Waals surface area contributed by atoms with Crippen LogP contribution in [0.2, 0.25) is 0 Å². The van der Waals surface area contributed by atoms with Crippen LogP contribution in [0.1, 0.15) is 15.9 Å². The van der Waals surface area contributed by atoms with E-state index >= 15 is 0 Å². The third kappa shape index (κ3) is 4.33. The quantitative estimate of drug-likeness (QED) is 0.591. The van der Waals surface area contributed by atoms with Crippen LogP contribution in [0, 0.1) is 11.6 Å². The average molecular weight is 407 g/mol. The van der Waals surface area contributed by atoms with Crippen molar-refractivity contribution in [2.24, 2.45) is 0 Å². The van der Waals surface area contributed by atoms with Crippen molar-refractivity contribution in [1.29, 1.82) is 0 Å². The van der Waals surface area contributed by atoms with Crippen molar-refractivity contribution >= 4 is 17.7 Å². The van der Waals surface area contributed by atoms with Gasteiger partial charge in [0.05, 0.1) is 0 Å². The summed E-state index contributed by atoms with van der Waals surface area (Å²) >= 11 is 0. The second kappa shape index (κ2) is 8.78. The summed E-state index contributed by atoms with van der Waals surface area (Å²) in [4.78, 5) is 14.6. The van der Waals surface area contributed by atoms with Gasteiger partial charge in [-0.15, -0.1) is 0 Å². The van der Waals surface area contributed by atoms with E-state index in [2.05, 4.69) is 0 Å². The molecule has 0 aromatic heterocycles. The van der Waals surface area contributed by atoms with Crippen LogP contribution in [0.5, 0.6) is 11.5 Å². The lowest BCUT2D eigenvalue weighted by Gasteiger charge is -2.24. The molecule has 1 aliphatic rings. The van der Waals surface area contributed by atoms with E-state index in [9.17, 15) is 13.6 Å². The topological polar surface area (TPSA) is 38.8 Å². The lowest BCUT2D eigenvalue weighted by atomic mass is 10.1. The molecule has 0 unspecified atom stereocenters. The summed E-state index contributed by atoms with van der Waals surface area (Å²) in [6.07, 6.45) is 3.73. The average Bonchev–Trinajstić information content (AvgIpc) is 2.78. The fraction of sp³-hybridized carbons (Fsp3) is 0.125. The molecule has 152 valence electrons. The Hall–Kier alpha value is -3.67. The lowest BCUT2D eigenvalue weighted by molar-refractivity contribution is 0.0989. The maximum atomic E-state index is 13.7. The highest BCUT2D eigenvalue weighted by Gasteiger charge is 2.21. The number of carbonyl (C=O) groups is 1. The van der Waals surface area contributed by atoms with Crippen molar-refractivity contribution < 1.29 is 23.0 Å². The number of fused-ring (bicyclic) bond motifs is 1. The second-order valence-corrected chi connectivity index (χ2v) is 6.69. The van der Waals surface area contributed by atoms with E-state index < -0.39 is 17.5 Å². The minimum atomic E-state index is -1.07. The van der Waals surface area contributed by atoms with Crippen molar-refractivity contribution in [2.45, 2.75) is 0 Å². The molecule has 4 rings (SSSR count). The number of anilines is 1. The zero-order valence-corrected chi connectivity index (χ0v) is 16.1. The van der Waals surface area contributed by atoms with E-state index in [1.807, 2.05) is 42.5 Å². The number of hydrogen-bond acceptors (Lipinski definition) is 3. The Bertz CT molecular complexity index is 1080. The predicted octanol–water partition coefficient (Wildman–Crippen LogP) is 5.10. The monoisotopic (exact) mass is 407 g/mol. The van der Waals surface area contributed by atoms with Gasteiger partial charge in [0.1, 0.15) is 13.2 Å². The number of ether oxygens (including phenoxy) is 2. The highest BCUT2D eigenvalue weighted by Crippen LogP contribution is 2.34. The van der Waals surface area contributed by atoms with Crippen molar-refractivity contribution in [2.75, 3.05) is 24.7 Å². The number of benzene rings is 3. The van der Waals surface area contributed by atoms with Crippen molar-refractivity contribution in [3.8, 4) is 11.5 Å². The van der Waals surface area contributed by atoms with Gasteiger partial charge in [-0.05, 0) is 35.9 Å². The molecule has 0 N–H and O–H groups in total. The van der Waals surface area contributed by atoms with Crippen LogP contribution in [-0.4, -0.2) is 25.7 Å². The van der Waals surface area contributed by atoms with E-state index in [1.165, 1.54) is 11.0 Å². The molecule has 1 amide bonds. The highest BCUT2D eigenvalue weighted by atomic mass is 19.2. The van der Waals surface area contributed by atoms with E-state index in [-0.39, 0.29) is 12.1 Å². The minimum absolute atomic E-state index is 0.0527. The van der Waals surface area contributed by atoms with Crippen LogP contribution in [0.25, 0.3) is 6.08 Å². The Morgan fingerprint density at radius 1 is 0.900 bits per heavy atom. The third-order valence-corrected chi connectivity index (χ3v) is 4.65. The Kier molecular flexibility index (Phi) is 5.75. The van der Waals surface area contributed by atoms with Crippen molar-refractivity contribution in [3.05, 3.63) is 95.6 Å². The number of carbonyl (C=O) groups excluding carboxylic acids is 1. The molecule has 1 aliphatic heterocycles. The van der Waals surface area contributed by atoms with Gasteiger partial charge in [0, 0.05) is 23.9 Å². The van der Waals surface area contributed by atoms with E-state index in [0.29, 0.717) is 30.4 Å². The first-order valence-corrected chi connectivity index (χ1v) is 9.50. The molecule has 0 saturated heterocycles. The molecule has 0 saturated carbocycles. The van der Waals surface area contributed by atoms with E-state index in [0.717, 1.165) is 17.7 Å². The van der Waals surface area contributed by atoms with Gasteiger partial charge in [0.2, 0.25) is 0 Å². The Labute approximate surface area is 173 Å². The second-order valence-electron chi connectivity index (χ2n) is 6.69. The zero-order chi connectivity index (χ0) is 20.9. The van der Waals surface area contributed by atoms with E-state index in [1.54, 1.807) is 18.2 Å². The molecular formula is C24H19F2NO3. The Morgan fingerprint density at radius 3 is 2.43 bits per heavy atom. The molecule has 6 heteroatoms. The minimum Gasteiger partial charge on any atom is -0.486 e. The maximum Gasteiger partial charge on any atom is 0.258 e. The fourth-order valence-corrected chi connectivity index (χ4v) is 3.15. The summed E-state index contributed by atoms with van der Waals surface area (Å²) in [6.45, 7) is 1.11. The van der Waals surface area contributed by atoms with Crippen molar-refractivity contribution in [3.63, 3.8) is 0 Å². The van der Waals surface area contributed by atoms with Crippen LogP contribution in [0.3, 0.4) is 0 Å². The van der Waals surface area contributed by atoms with Gasteiger partial charge in [-0.25, -0.2) is 8.78 Å². The molecule has 3 aromatic rings. The molecule has 0 radical (unpaired) electrons. The Morgan fingerprint density at radius 2 is 1.67 bits per heavy atom. The lowest BCUT2D eigenvalue weighted by Crippen LogP contribution is -2.31. The first kappa shape index (κ1) is 19.6. The first-order chi connectivity index (χ1) is 14.6. The number of halogens is 2. The number of hydrogen-bond donors (Lipinski definition) is 0. The van der Waals surface area contributed by atoms with Gasteiger partial charge in [-0.3, -0.25) is 4.79 Å². The summed E-state index contributed by atoms with van der Waals surface area (Å²) in [6, 6.07) is 18.0. The number of amides is 1. The van der Waals surface area contributed by atoms with Gasteiger partial charge >= 0.3 is 0 Å². The number of rotatable bonds is 5. The molecule has 3 aromatic carbocycles. The van der Waals surface area contributed by atoms with Crippen LogP contribution >= 0.6 is 0 Å². The predicted molar refractivity (Wildman–Crippen MR) is 111 cm³/mol. The van der Waals surface area contributed by atoms with E-state index in [4.69, 9.17) is 9.47 Å². The van der Waals surface area contributed by atoms with Crippen molar-refractivity contribution in [1.82, 2.24) is 0 Å². The molecular weight excluding hydrogens is 388 g/mol. The molecule has 0 bridgehead atoms. The smallest absolute Gasteiger partial charge is 0.258 e. The SMILES string of the molecule is O=C(c1ccc(F)c(F)c1)N(CC=Cc1ccccc1)c1ccc2c(c1)OCCO2. The van der Waals surface area contributed by atoms with Crippen LogP contribution in [-0.2, 0) is 0 Å². The Balaban J connectivity index is 1.66. The molecule has 1 heterocycles. The molecule has 0 aliphatic carbocycles. The standard InChI is InChI=1S/C24H19F2NO3/c25-20-10-8-18(15-21(20)26)24(28)27(12-4-7-17-5-2-1-3-6-17)19-9-11-22-23(16-19)30-14-13-29-22/h1-11,15-16H,12-14H2. The van der Waals surface area contributed by atoms with Gasteiger partial charge in [0.15, 0.2) is 23.1 Å². The van der Waals surface area contributed by atoms with Gasteiger partial charge in [-0.1, -0.05) is 42.5 Å². The molecule has 4 nitrogen and oxygen atoms in total. The highest BCUT2D eigenvalue weighted by molar-refractivity contribution is 6.06. The zero-order valence-electron chi connectivity index (χ0n) is 16.1. The summed E-state index contributed by atoms with van der Waals surface area (Å²) in [7, 11) is 0. The summed E-state index contributed by atoms with van der Waals surface area (Å²) in [5.74, 6) is -1.38. The maximum absolute atomic E-state index is 13.7. The normalized spacial score (nSPS) is 12.7. The fourth-order valence-electron chi connectivity index (χ4n) is 3.15. The van der Waals surface area contributed by atoms with Crippen LogP contribution < -0.4 is 14.4 Å². The summed E-state index contributed by atoms with van der Waals surface area (Å²) in [5.41, 5.74) is 1.60. The van der Waals surface area contributed by atoms with Crippen LogP contribution in [0.15, 0.2) is 72.8 Å². The summed E-state index contributed by atoms with van der Waals surface area (Å²) < 4.78 is 38.2. The molecule has 0 fully saturated rings. The first-order valence-electron chi connectivity index (χ1n) is 9.50. The summed E-state index contributed by atoms with van der Waals surface area (Å²) in [5, 5.41) is 0. The third-order valence-electron chi connectivity index (χ3n) is 4.65. The van der Waals surface area contributed by atoms with Gasteiger partial charge < -0.3 is 14.4 Å². The largest absolute Gasteiger partial charge is 0.486 e. The molecule has 0 spiro atoms. The van der Waals surface area contributed by atoms with Crippen LogP contribution in [0.4, 0.5) is 14.5 Å². The van der Waals surface area contributed by atoms with Gasteiger partial charge in [-0.2, -0.15) is 0 Å². The molecule has 30 heavy (non-hydrogen) atoms.